The summed E-state index contributed by atoms with van der Waals surface area (Å²) in [4.78, 5) is 15.7. The van der Waals surface area contributed by atoms with Gasteiger partial charge in [0.1, 0.15) is 0 Å². The van der Waals surface area contributed by atoms with Crippen LogP contribution in [0.25, 0.3) is 0 Å². The molecule has 1 heterocycles. The highest BCUT2D eigenvalue weighted by Gasteiger charge is 2.22. The molecule has 0 N–H and O–H groups in total. The third-order valence-corrected chi connectivity index (χ3v) is 2.90. The molecule has 3 heteroatoms. The standard InChI is InChI=1S/C11H22N2O/c1-4-10-6-5-7-13(8-10)11(14)9-12(2)3/h10H,4-9H2,1-3H3/t10-/m1/s1. The molecule has 14 heavy (non-hydrogen) atoms. The van der Waals surface area contributed by atoms with Crippen molar-refractivity contribution in [2.45, 2.75) is 26.2 Å². The lowest BCUT2D eigenvalue weighted by Gasteiger charge is -2.33. The number of carbonyl (C=O) groups excluding carboxylic acids is 1. The van der Waals surface area contributed by atoms with Gasteiger partial charge in [-0.3, -0.25) is 4.79 Å². The van der Waals surface area contributed by atoms with E-state index in [-0.39, 0.29) is 5.91 Å². The van der Waals surface area contributed by atoms with Gasteiger partial charge in [0.25, 0.3) is 0 Å². The Morgan fingerprint density at radius 2 is 2.21 bits per heavy atom. The first-order chi connectivity index (χ1) is 6.63. The predicted molar refractivity (Wildman–Crippen MR) is 58.1 cm³/mol. The van der Waals surface area contributed by atoms with Crippen LogP contribution in [0, 0.1) is 5.92 Å². The molecule has 0 saturated carbocycles. The number of rotatable bonds is 3. The molecule has 0 radical (unpaired) electrons. The Morgan fingerprint density at radius 3 is 2.79 bits per heavy atom. The Hall–Kier alpha value is -0.570. The fraction of sp³-hybridized carbons (Fsp3) is 0.909. The normalized spacial score (nSPS) is 22.9. The lowest BCUT2D eigenvalue weighted by atomic mass is 9.95. The fourth-order valence-electron chi connectivity index (χ4n) is 2.00. The molecule has 0 aromatic carbocycles. The number of amides is 1. The molecule has 1 rings (SSSR count). The number of likely N-dealkylation sites (N-methyl/N-ethyl adjacent to an activating group) is 1. The number of nitrogens with zero attached hydrogens (tertiary/aromatic N) is 2. The zero-order chi connectivity index (χ0) is 10.6. The summed E-state index contributed by atoms with van der Waals surface area (Å²) in [6.45, 7) is 4.70. The van der Waals surface area contributed by atoms with Gasteiger partial charge in [-0.05, 0) is 32.9 Å². The summed E-state index contributed by atoms with van der Waals surface area (Å²) in [5.74, 6) is 1.02. The monoisotopic (exact) mass is 198 g/mol. The highest BCUT2D eigenvalue weighted by atomic mass is 16.2. The van der Waals surface area contributed by atoms with Gasteiger partial charge >= 0.3 is 0 Å². The van der Waals surface area contributed by atoms with Crippen LogP contribution in [0.3, 0.4) is 0 Å². The lowest BCUT2D eigenvalue weighted by molar-refractivity contribution is -0.133. The minimum absolute atomic E-state index is 0.285. The molecule has 0 unspecified atom stereocenters. The van der Waals surface area contributed by atoms with Gasteiger partial charge in [0.15, 0.2) is 0 Å². The third-order valence-electron chi connectivity index (χ3n) is 2.90. The van der Waals surface area contributed by atoms with Crippen LogP contribution in [0.1, 0.15) is 26.2 Å². The van der Waals surface area contributed by atoms with Gasteiger partial charge in [-0.15, -0.1) is 0 Å². The molecule has 0 aromatic rings. The Bertz CT molecular complexity index is 192. The van der Waals surface area contributed by atoms with Crippen molar-refractivity contribution in [1.29, 1.82) is 0 Å². The summed E-state index contributed by atoms with van der Waals surface area (Å²) in [7, 11) is 3.89. The van der Waals surface area contributed by atoms with Gasteiger partial charge in [-0.1, -0.05) is 13.3 Å². The quantitative estimate of drug-likeness (QED) is 0.680. The number of hydrogen-bond donors (Lipinski definition) is 0. The van der Waals surface area contributed by atoms with Crippen LogP contribution >= 0.6 is 0 Å². The zero-order valence-corrected chi connectivity index (χ0v) is 9.62. The van der Waals surface area contributed by atoms with Gasteiger partial charge in [0.05, 0.1) is 6.54 Å². The Morgan fingerprint density at radius 1 is 1.50 bits per heavy atom. The molecule has 1 aliphatic rings. The van der Waals surface area contributed by atoms with Gasteiger partial charge in [0, 0.05) is 13.1 Å². The molecule has 1 saturated heterocycles. The average Bonchev–Trinajstić information content (AvgIpc) is 2.17. The summed E-state index contributed by atoms with van der Waals surface area (Å²) in [6.07, 6.45) is 3.67. The molecule has 1 amide bonds. The maximum atomic E-state index is 11.8. The molecule has 0 spiro atoms. The topological polar surface area (TPSA) is 23.6 Å². The predicted octanol–water partition coefficient (Wildman–Crippen LogP) is 1.20. The fourth-order valence-corrected chi connectivity index (χ4v) is 2.00. The van der Waals surface area contributed by atoms with Gasteiger partial charge < -0.3 is 9.80 Å². The minimum Gasteiger partial charge on any atom is -0.341 e. The second-order valence-corrected chi connectivity index (χ2v) is 4.49. The smallest absolute Gasteiger partial charge is 0.236 e. The highest BCUT2D eigenvalue weighted by Crippen LogP contribution is 2.18. The SMILES string of the molecule is CC[C@@H]1CCCN(C(=O)CN(C)C)C1. The van der Waals surface area contributed by atoms with E-state index in [1.54, 1.807) is 0 Å². The van der Waals surface area contributed by atoms with Crippen LogP contribution in [-0.4, -0.2) is 49.4 Å². The molecule has 3 nitrogen and oxygen atoms in total. The van der Waals surface area contributed by atoms with Crippen molar-refractivity contribution in [3.8, 4) is 0 Å². The van der Waals surface area contributed by atoms with Crippen LogP contribution < -0.4 is 0 Å². The van der Waals surface area contributed by atoms with E-state index in [0.717, 1.165) is 19.0 Å². The lowest BCUT2D eigenvalue weighted by Crippen LogP contribution is -2.43. The molecule has 1 atom stereocenters. The van der Waals surface area contributed by atoms with Crippen molar-refractivity contribution >= 4 is 5.91 Å². The molecular formula is C11H22N2O. The van der Waals surface area contributed by atoms with Gasteiger partial charge in [-0.2, -0.15) is 0 Å². The van der Waals surface area contributed by atoms with Crippen molar-refractivity contribution in [3.63, 3.8) is 0 Å². The molecule has 0 bridgehead atoms. The van der Waals surface area contributed by atoms with Gasteiger partial charge in [-0.25, -0.2) is 0 Å². The molecular weight excluding hydrogens is 176 g/mol. The second-order valence-electron chi connectivity index (χ2n) is 4.49. The molecule has 0 aromatic heterocycles. The van der Waals surface area contributed by atoms with E-state index in [2.05, 4.69) is 6.92 Å². The largest absolute Gasteiger partial charge is 0.341 e. The summed E-state index contributed by atoms with van der Waals surface area (Å²) in [6, 6.07) is 0. The minimum atomic E-state index is 0.285. The van der Waals surface area contributed by atoms with Crippen molar-refractivity contribution < 1.29 is 4.79 Å². The maximum absolute atomic E-state index is 11.8. The Balaban J connectivity index is 2.39. The first kappa shape index (κ1) is 11.5. The van der Waals surface area contributed by atoms with Crippen molar-refractivity contribution in [1.82, 2.24) is 9.80 Å². The second kappa shape index (κ2) is 5.35. The van der Waals surface area contributed by atoms with E-state index in [0.29, 0.717) is 6.54 Å². The zero-order valence-electron chi connectivity index (χ0n) is 9.62. The van der Waals surface area contributed by atoms with Crippen molar-refractivity contribution in [2.75, 3.05) is 33.7 Å². The molecule has 82 valence electrons. The van der Waals surface area contributed by atoms with Crippen molar-refractivity contribution in [3.05, 3.63) is 0 Å². The molecule has 0 aliphatic carbocycles. The highest BCUT2D eigenvalue weighted by molar-refractivity contribution is 5.78. The Kier molecular flexibility index (Phi) is 4.39. The van der Waals surface area contributed by atoms with Crippen LogP contribution in [0.2, 0.25) is 0 Å². The van der Waals surface area contributed by atoms with Crippen LogP contribution in [0.4, 0.5) is 0 Å². The number of hydrogen-bond acceptors (Lipinski definition) is 2. The number of piperidine rings is 1. The van der Waals surface area contributed by atoms with E-state index < -0.39 is 0 Å². The summed E-state index contributed by atoms with van der Waals surface area (Å²) in [5, 5.41) is 0. The molecule has 1 aliphatic heterocycles. The number of carbonyl (C=O) groups is 1. The average molecular weight is 198 g/mol. The van der Waals surface area contributed by atoms with E-state index in [1.807, 2.05) is 23.9 Å². The summed E-state index contributed by atoms with van der Waals surface area (Å²) >= 11 is 0. The number of likely N-dealkylation sites (tertiary alicyclic amines) is 1. The van der Waals surface area contributed by atoms with E-state index >= 15 is 0 Å². The summed E-state index contributed by atoms with van der Waals surface area (Å²) < 4.78 is 0. The Labute approximate surface area is 87.1 Å². The van der Waals surface area contributed by atoms with E-state index in [4.69, 9.17) is 0 Å². The van der Waals surface area contributed by atoms with E-state index in [9.17, 15) is 4.79 Å². The van der Waals surface area contributed by atoms with Gasteiger partial charge in [0.2, 0.25) is 5.91 Å². The van der Waals surface area contributed by atoms with E-state index in [1.165, 1.54) is 19.3 Å². The van der Waals surface area contributed by atoms with Crippen LogP contribution in [-0.2, 0) is 4.79 Å². The third kappa shape index (κ3) is 3.29. The maximum Gasteiger partial charge on any atom is 0.236 e. The van der Waals surface area contributed by atoms with Crippen LogP contribution in [0.5, 0.6) is 0 Å². The first-order valence-electron chi connectivity index (χ1n) is 5.56. The summed E-state index contributed by atoms with van der Waals surface area (Å²) in [5.41, 5.74) is 0. The van der Waals surface area contributed by atoms with Crippen LogP contribution in [0.15, 0.2) is 0 Å². The first-order valence-corrected chi connectivity index (χ1v) is 5.56. The van der Waals surface area contributed by atoms with Crippen molar-refractivity contribution in [2.24, 2.45) is 5.92 Å². The molecule has 1 fully saturated rings.